The zero-order valence-electron chi connectivity index (χ0n) is 14.9. The molecular weight excluding hydrogens is 373 g/mol. The van der Waals surface area contributed by atoms with E-state index in [1.165, 1.54) is 0 Å². The van der Waals surface area contributed by atoms with Gasteiger partial charge in [0.1, 0.15) is 11.5 Å². The van der Waals surface area contributed by atoms with Crippen molar-refractivity contribution in [1.82, 2.24) is 9.88 Å². The van der Waals surface area contributed by atoms with Gasteiger partial charge in [-0.1, -0.05) is 13.8 Å². The van der Waals surface area contributed by atoms with Gasteiger partial charge in [0.25, 0.3) is 5.91 Å². The van der Waals surface area contributed by atoms with Crippen LogP contribution in [0.2, 0.25) is 0 Å². The maximum Gasteiger partial charge on any atom is 0.253 e. The summed E-state index contributed by atoms with van der Waals surface area (Å²) in [5, 5.41) is 0. The second kappa shape index (κ2) is 9.21. The van der Waals surface area contributed by atoms with Gasteiger partial charge in [-0.2, -0.15) is 0 Å². The Morgan fingerprint density at radius 2 is 1.88 bits per heavy atom. The zero-order valence-corrected chi connectivity index (χ0v) is 16.6. The van der Waals surface area contributed by atoms with Gasteiger partial charge >= 0.3 is 0 Å². The molecule has 1 atom stereocenters. The summed E-state index contributed by atoms with van der Waals surface area (Å²) in [6.45, 7) is 5.61. The molecule has 7 heteroatoms. The molecule has 0 saturated carbocycles. The van der Waals surface area contributed by atoms with Crippen LogP contribution >= 0.6 is 24.8 Å². The minimum atomic E-state index is -0.0583. The molecule has 2 heterocycles. The highest BCUT2D eigenvalue weighted by molar-refractivity contribution is 5.94. The van der Waals surface area contributed by atoms with E-state index in [0.717, 1.165) is 6.42 Å². The number of benzene rings is 1. The maximum absolute atomic E-state index is 12.7. The molecule has 1 amide bonds. The van der Waals surface area contributed by atoms with E-state index in [4.69, 9.17) is 10.5 Å². The lowest BCUT2D eigenvalue weighted by atomic mass is 9.79. The standard InChI is InChI=1S/C19H23N3O2.2ClH/c1-19(2)13-22(11-9-17(19)20)18(23)14-5-7-15(8-6-14)24-16-4-3-10-21-12-16;;/h3-8,10,12,17H,9,11,13,20H2,1-2H3;2*1H. The molecule has 2 N–H and O–H groups in total. The van der Waals surface area contributed by atoms with Crippen LogP contribution in [-0.4, -0.2) is 34.9 Å². The summed E-state index contributed by atoms with van der Waals surface area (Å²) in [6.07, 6.45) is 4.18. The van der Waals surface area contributed by atoms with Gasteiger partial charge in [0.05, 0.1) is 6.20 Å². The minimum absolute atomic E-state index is 0. The van der Waals surface area contributed by atoms with Gasteiger partial charge in [-0.05, 0) is 48.2 Å². The summed E-state index contributed by atoms with van der Waals surface area (Å²) < 4.78 is 5.70. The summed E-state index contributed by atoms with van der Waals surface area (Å²) in [7, 11) is 0. The first-order chi connectivity index (χ1) is 11.5. The predicted molar refractivity (Wildman–Crippen MR) is 108 cm³/mol. The van der Waals surface area contributed by atoms with Crippen molar-refractivity contribution in [3.63, 3.8) is 0 Å². The molecule has 1 fully saturated rings. The number of ether oxygens (including phenoxy) is 1. The number of amides is 1. The number of nitrogens with zero attached hydrogens (tertiary/aromatic N) is 2. The molecule has 1 aromatic carbocycles. The normalized spacial score (nSPS) is 18.3. The number of likely N-dealkylation sites (tertiary alicyclic amines) is 1. The van der Waals surface area contributed by atoms with Gasteiger partial charge in [0.2, 0.25) is 0 Å². The fourth-order valence-corrected chi connectivity index (χ4v) is 2.94. The van der Waals surface area contributed by atoms with Crippen molar-refractivity contribution in [2.45, 2.75) is 26.3 Å². The minimum Gasteiger partial charge on any atom is -0.456 e. The first-order valence-corrected chi connectivity index (χ1v) is 8.18. The van der Waals surface area contributed by atoms with Gasteiger partial charge in [-0.15, -0.1) is 24.8 Å². The zero-order chi connectivity index (χ0) is 17.2. The summed E-state index contributed by atoms with van der Waals surface area (Å²) in [5.74, 6) is 1.40. The number of carbonyl (C=O) groups is 1. The van der Waals surface area contributed by atoms with Crippen molar-refractivity contribution < 1.29 is 9.53 Å². The molecule has 1 aliphatic heterocycles. The van der Waals surface area contributed by atoms with Crippen molar-refractivity contribution in [1.29, 1.82) is 0 Å². The van der Waals surface area contributed by atoms with Crippen LogP contribution in [0.3, 0.4) is 0 Å². The van der Waals surface area contributed by atoms with Crippen molar-refractivity contribution >= 4 is 30.7 Å². The van der Waals surface area contributed by atoms with E-state index < -0.39 is 0 Å². The quantitative estimate of drug-likeness (QED) is 0.851. The first-order valence-electron chi connectivity index (χ1n) is 8.18. The van der Waals surface area contributed by atoms with E-state index in [0.29, 0.717) is 30.2 Å². The van der Waals surface area contributed by atoms with E-state index in [9.17, 15) is 4.79 Å². The molecule has 0 aliphatic carbocycles. The highest BCUT2D eigenvalue weighted by Gasteiger charge is 2.35. The molecule has 3 rings (SSSR count). The topological polar surface area (TPSA) is 68.5 Å². The molecule has 0 bridgehead atoms. The summed E-state index contributed by atoms with van der Waals surface area (Å²) in [5.41, 5.74) is 6.76. The van der Waals surface area contributed by atoms with E-state index in [1.54, 1.807) is 36.7 Å². The van der Waals surface area contributed by atoms with Crippen LogP contribution in [-0.2, 0) is 0 Å². The summed E-state index contributed by atoms with van der Waals surface area (Å²) in [4.78, 5) is 18.6. The van der Waals surface area contributed by atoms with Gasteiger partial charge < -0.3 is 15.4 Å². The molecule has 1 aromatic heterocycles. The van der Waals surface area contributed by atoms with Crippen LogP contribution in [0.4, 0.5) is 0 Å². The average molecular weight is 398 g/mol. The fourth-order valence-electron chi connectivity index (χ4n) is 2.94. The third kappa shape index (κ3) is 5.10. The Morgan fingerprint density at radius 3 is 2.46 bits per heavy atom. The fraction of sp³-hybridized carbons (Fsp3) is 0.368. The van der Waals surface area contributed by atoms with Crippen molar-refractivity contribution in [2.24, 2.45) is 11.1 Å². The Balaban J connectivity index is 0.00000169. The Kier molecular flexibility index (Phi) is 7.87. The lowest BCUT2D eigenvalue weighted by Crippen LogP contribution is -2.53. The number of hydrogen-bond acceptors (Lipinski definition) is 4. The Hall–Kier alpha value is -1.82. The van der Waals surface area contributed by atoms with E-state index in [-0.39, 0.29) is 42.2 Å². The number of halogens is 2. The number of piperidine rings is 1. The van der Waals surface area contributed by atoms with E-state index in [2.05, 4.69) is 18.8 Å². The van der Waals surface area contributed by atoms with Crippen LogP contribution in [0.25, 0.3) is 0 Å². The van der Waals surface area contributed by atoms with Gasteiger partial charge in [-0.3, -0.25) is 9.78 Å². The van der Waals surface area contributed by atoms with E-state index in [1.807, 2.05) is 17.0 Å². The molecule has 142 valence electrons. The van der Waals surface area contributed by atoms with Crippen molar-refractivity contribution in [3.8, 4) is 11.5 Å². The van der Waals surface area contributed by atoms with Crippen LogP contribution in [0.15, 0.2) is 48.8 Å². The molecule has 0 spiro atoms. The molecule has 1 unspecified atom stereocenters. The number of pyridine rings is 1. The number of hydrogen-bond donors (Lipinski definition) is 1. The molecule has 1 aliphatic rings. The average Bonchev–Trinajstić information content (AvgIpc) is 2.58. The number of carbonyl (C=O) groups excluding carboxylic acids is 1. The van der Waals surface area contributed by atoms with Gasteiger partial charge in [0, 0.05) is 30.9 Å². The van der Waals surface area contributed by atoms with E-state index >= 15 is 0 Å². The SMILES string of the molecule is CC1(C)CN(C(=O)c2ccc(Oc3cccnc3)cc2)CCC1N.Cl.Cl. The van der Waals surface area contributed by atoms with Gasteiger partial charge in [0.15, 0.2) is 0 Å². The molecule has 5 nitrogen and oxygen atoms in total. The highest BCUT2D eigenvalue weighted by Crippen LogP contribution is 2.29. The van der Waals surface area contributed by atoms with Crippen LogP contribution in [0.5, 0.6) is 11.5 Å². The van der Waals surface area contributed by atoms with Crippen molar-refractivity contribution in [3.05, 3.63) is 54.4 Å². The van der Waals surface area contributed by atoms with Crippen LogP contribution < -0.4 is 10.5 Å². The second-order valence-corrected chi connectivity index (χ2v) is 6.93. The van der Waals surface area contributed by atoms with Gasteiger partial charge in [-0.25, -0.2) is 0 Å². The largest absolute Gasteiger partial charge is 0.456 e. The molecular formula is C19H25Cl2N3O2. The predicted octanol–water partition coefficient (Wildman–Crippen LogP) is 3.92. The lowest BCUT2D eigenvalue weighted by Gasteiger charge is -2.42. The van der Waals surface area contributed by atoms with Crippen molar-refractivity contribution in [2.75, 3.05) is 13.1 Å². The monoisotopic (exact) mass is 397 g/mol. The Morgan fingerprint density at radius 1 is 1.19 bits per heavy atom. The maximum atomic E-state index is 12.7. The summed E-state index contributed by atoms with van der Waals surface area (Å²) >= 11 is 0. The van der Waals surface area contributed by atoms with Crippen LogP contribution in [0, 0.1) is 5.41 Å². The number of aromatic nitrogens is 1. The molecule has 26 heavy (non-hydrogen) atoms. The lowest BCUT2D eigenvalue weighted by molar-refractivity contribution is 0.0533. The second-order valence-electron chi connectivity index (χ2n) is 6.93. The smallest absolute Gasteiger partial charge is 0.253 e. The molecule has 0 radical (unpaired) electrons. The third-order valence-corrected chi connectivity index (χ3v) is 4.57. The number of nitrogens with two attached hydrogens (primary N) is 1. The molecule has 2 aromatic rings. The highest BCUT2D eigenvalue weighted by atomic mass is 35.5. The third-order valence-electron chi connectivity index (χ3n) is 4.57. The molecule has 1 saturated heterocycles. The Bertz CT molecular complexity index is 708. The van der Waals surface area contributed by atoms with Crippen LogP contribution in [0.1, 0.15) is 30.6 Å². The Labute approximate surface area is 166 Å². The first kappa shape index (κ1) is 22.2. The summed E-state index contributed by atoms with van der Waals surface area (Å²) in [6, 6.07) is 11.0. The number of rotatable bonds is 3.